The summed E-state index contributed by atoms with van der Waals surface area (Å²) < 4.78 is 34.2. The van der Waals surface area contributed by atoms with Crippen molar-refractivity contribution in [1.29, 1.82) is 0 Å². The average Bonchev–Trinajstić information content (AvgIpc) is 3.28. The van der Waals surface area contributed by atoms with Crippen molar-refractivity contribution in [3.05, 3.63) is 48.0 Å². The molecule has 0 saturated heterocycles. The fraction of sp³-hybridized carbons (Fsp3) is 0.250. The maximum Gasteiger partial charge on any atom is 0.167 e. The van der Waals surface area contributed by atoms with Crippen LogP contribution >= 0.6 is 0 Å². The predicted molar refractivity (Wildman–Crippen MR) is 120 cm³/mol. The highest BCUT2D eigenvalue weighted by Crippen LogP contribution is 2.48. The van der Waals surface area contributed by atoms with E-state index in [1.807, 2.05) is 7.05 Å². The standard InChI is InChI=1S/C24H23F2N3O/c1-4-5-10-29(2)23-19-15-11-13(25)6-8-17(15)27-21(19)24(30-3)22-20(23)16-12-14(26)7-9-18(16)28-22/h6-9,11-12,27-28H,4-5,10H2,1-3H3. The molecule has 2 N–H and O–H groups in total. The highest BCUT2D eigenvalue weighted by atomic mass is 19.1. The summed E-state index contributed by atoms with van der Waals surface area (Å²) >= 11 is 0. The van der Waals surface area contributed by atoms with E-state index in [9.17, 15) is 8.78 Å². The van der Waals surface area contributed by atoms with E-state index in [0.717, 1.165) is 68.7 Å². The number of halogens is 2. The van der Waals surface area contributed by atoms with Crippen molar-refractivity contribution in [2.45, 2.75) is 19.8 Å². The van der Waals surface area contributed by atoms with Crippen molar-refractivity contribution in [3.63, 3.8) is 0 Å². The van der Waals surface area contributed by atoms with Gasteiger partial charge in [-0.1, -0.05) is 13.3 Å². The number of unbranched alkanes of at least 4 members (excludes halogenated alkanes) is 1. The minimum Gasteiger partial charge on any atom is -0.492 e. The van der Waals surface area contributed by atoms with Crippen LogP contribution in [-0.2, 0) is 0 Å². The van der Waals surface area contributed by atoms with E-state index >= 15 is 0 Å². The molecule has 0 atom stereocenters. The van der Waals surface area contributed by atoms with Crippen molar-refractivity contribution >= 4 is 49.3 Å². The third kappa shape index (κ3) is 2.63. The van der Waals surface area contributed by atoms with Gasteiger partial charge in [-0.2, -0.15) is 0 Å². The van der Waals surface area contributed by atoms with Crippen molar-refractivity contribution in [3.8, 4) is 5.75 Å². The fourth-order valence-corrected chi connectivity index (χ4v) is 4.50. The first kappa shape index (κ1) is 18.7. The summed E-state index contributed by atoms with van der Waals surface area (Å²) in [4.78, 5) is 9.01. The highest BCUT2D eigenvalue weighted by Gasteiger charge is 2.24. The van der Waals surface area contributed by atoms with E-state index < -0.39 is 0 Å². The first-order valence-electron chi connectivity index (χ1n) is 10.2. The van der Waals surface area contributed by atoms with Gasteiger partial charge in [0.25, 0.3) is 0 Å². The van der Waals surface area contributed by atoms with Gasteiger partial charge in [0.15, 0.2) is 5.75 Å². The lowest BCUT2D eigenvalue weighted by atomic mass is 10.0. The Bertz CT molecular complexity index is 1320. The molecule has 5 rings (SSSR count). The third-order valence-electron chi connectivity index (χ3n) is 5.88. The summed E-state index contributed by atoms with van der Waals surface area (Å²) in [5, 5.41) is 3.35. The molecule has 0 unspecified atom stereocenters. The number of nitrogens with one attached hydrogen (secondary N) is 2. The average molecular weight is 407 g/mol. The second-order valence-electron chi connectivity index (χ2n) is 7.79. The minimum absolute atomic E-state index is 0.297. The van der Waals surface area contributed by atoms with Crippen LogP contribution in [0.3, 0.4) is 0 Å². The Morgan fingerprint density at radius 1 is 0.900 bits per heavy atom. The molecule has 2 heterocycles. The Morgan fingerprint density at radius 2 is 1.43 bits per heavy atom. The zero-order valence-electron chi connectivity index (χ0n) is 17.2. The van der Waals surface area contributed by atoms with E-state index in [2.05, 4.69) is 21.8 Å². The van der Waals surface area contributed by atoms with Gasteiger partial charge < -0.3 is 19.6 Å². The van der Waals surface area contributed by atoms with Crippen molar-refractivity contribution in [2.24, 2.45) is 0 Å². The maximum atomic E-state index is 14.2. The number of H-pyrrole nitrogens is 2. The lowest BCUT2D eigenvalue weighted by Gasteiger charge is -2.23. The maximum absolute atomic E-state index is 14.2. The first-order valence-corrected chi connectivity index (χ1v) is 10.2. The number of aromatic amines is 2. The van der Waals surface area contributed by atoms with Crippen LogP contribution in [0.4, 0.5) is 14.5 Å². The summed E-state index contributed by atoms with van der Waals surface area (Å²) in [6.07, 6.45) is 2.07. The predicted octanol–water partition coefficient (Wildman–Crippen LogP) is 6.48. The number of hydrogen-bond donors (Lipinski definition) is 2. The molecule has 0 fully saturated rings. The molecule has 0 amide bonds. The molecule has 5 aromatic rings. The second kappa shape index (κ2) is 6.90. The number of anilines is 1. The molecule has 0 radical (unpaired) electrons. The van der Waals surface area contributed by atoms with Gasteiger partial charge in [0.05, 0.1) is 23.8 Å². The Balaban J connectivity index is 2.04. The SMILES string of the molecule is CCCCN(C)c1c2c([nH]c3ccc(F)cc32)c(OC)c2[nH]c3ccc(F)cc3c12. The Hall–Kier alpha value is -3.28. The molecular formula is C24H23F2N3O. The molecule has 0 aliphatic heterocycles. The van der Waals surface area contributed by atoms with Crippen molar-refractivity contribution < 1.29 is 13.5 Å². The molecule has 6 heteroatoms. The number of rotatable bonds is 5. The van der Waals surface area contributed by atoms with Gasteiger partial charge in [-0.3, -0.25) is 0 Å². The summed E-state index contributed by atoms with van der Waals surface area (Å²) in [5.41, 5.74) is 4.21. The first-order chi connectivity index (χ1) is 14.5. The zero-order chi connectivity index (χ0) is 21.0. The van der Waals surface area contributed by atoms with Gasteiger partial charge in [0, 0.05) is 46.2 Å². The molecule has 2 aromatic heterocycles. The molecule has 0 aliphatic rings. The number of methoxy groups -OCH3 is 1. The van der Waals surface area contributed by atoms with Crippen molar-refractivity contribution in [2.75, 3.05) is 25.6 Å². The van der Waals surface area contributed by atoms with Gasteiger partial charge in [0.2, 0.25) is 0 Å². The van der Waals surface area contributed by atoms with E-state index in [0.29, 0.717) is 5.75 Å². The number of fused-ring (bicyclic) bond motifs is 6. The van der Waals surface area contributed by atoms with Crippen LogP contribution in [0.15, 0.2) is 36.4 Å². The number of nitrogens with zero attached hydrogens (tertiary/aromatic N) is 1. The van der Waals surface area contributed by atoms with Crippen LogP contribution in [0.2, 0.25) is 0 Å². The zero-order valence-corrected chi connectivity index (χ0v) is 17.2. The monoisotopic (exact) mass is 407 g/mol. The summed E-state index contributed by atoms with van der Waals surface area (Å²) in [5.74, 6) is 0.0463. The van der Waals surface area contributed by atoms with Gasteiger partial charge >= 0.3 is 0 Å². The molecule has 0 saturated carbocycles. The Kier molecular flexibility index (Phi) is 4.31. The normalized spacial score (nSPS) is 11.9. The van der Waals surface area contributed by atoms with Crippen LogP contribution in [0.5, 0.6) is 5.75 Å². The van der Waals surface area contributed by atoms with Crippen LogP contribution in [0.1, 0.15) is 19.8 Å². The van der Waals surface area contributed by atoms with E-state index in [1.54, 1.807) is 31.4 Å². The quantitative estimate of drug-likeness (QED) is 0.350. The van der Waals surface area contributed by atoms with Crippen LogP contribution in [0.25, 0.3) is 43.6 Å². The van der Waals surface area contributed by atoms with Crippen molar-refractivity contribution in [1.82, 2.24) is 9.97 Å². The molecule has 154 valence electrons. The lowest BCUT2D eigenvalue weighted by molar-refractivity contribution is 0.423. The molecule has 0 spiro atoms. The van der Waals surface area contributed by atoms with Gasteiger partial charge in [0.1, 0.15) is 11.6 Å². The van der Waals surface area contributed by atoms with E-state index in [4.69, 9.17) is 4.74 Å². The summed E-state index contributed by atoms with van der Waals surface area (Å²) in [6.45, 7) is 2.98. The highest BCUT2D eigenvalue weighted by molar-refractivity contribution is 6.29. The molecule has 0 aliphatic carbocycles. The number of aromatic nitrogens is 2. The smallest absolute Gasteiger partial charge is 0.167 e. The van der Waals surface area contributed by atoms with Crippen LogP contribution in [-0.4, -0.2) is 30.7 Å². The van der Waals surface area contributed by atoms with Gasteiger partial charge in [-0.25, -0.2) is 8.78 Å². The Labute approximate surface area is 172 Å². The summed E-state index contributed by atoms with van der Waals surface area (Å²) in [6, 6.07) is 9.47. The van der Waals surface area contributed by atoms with Crippen LogP contribution in [0, 0.1) is 11.6 Å². The minimum atomic E-state index is -0.297. The van der Waals surface area contributed by atoms with E-state index in [1.165, 1.54) is 12.1 Å². The second-order valence-corrected chi connectivity index (χ2v) is 7.79. The molecule has 4 nitrogen and oxygen atoms in total. The molecule has 0 bridgehead atoms. The fourth-order valence-electron chi connectivity index (χ4n) is 4.50. The van der Waals surface area contributed by atoms with Gasteiger partial charge in [-0.05, 0) is 42.8 Å². The topological polar surface area (TPSA) is 44.0 Å². The number of benzene rings is 3. The molecular weight excluding hydrogens is 384 g/mol. The molecule has 3 aromatic carbocycles. The van der Waals surface area contributed by atoms with E-state index in [-0.39, 0.29) is 11.6 Å². The number of hydrogen-bond acceptors (Lipinski definition) is 2. The Morgan fingerprint density at radius 3 is 1.90 bits per heavy atom. The third-order valence-corrected chi connectivity index (χ3v) is 5.88. The van der Waals surface area contributed by atoms with Crippen LogP contribution < -0.4 is 9.64 Å². The molecule has 30 heavy (non-hydrogen) atoms. The number of ether oxygens (including phenoxy) is 1. The summed E-state index contributed by atoms with van der Waals surface area (Å²) in [7, 11) is 3.65. The van der Waals surface area contributed by atoms with Gasteiger partial charge in [-0.15, -0.1) is 0 Å². The largest absolute Gasteiger partial charge is 0.492 e. The lowest BCUT2D eigenvalue weighted by Crippen LogP contribution is -2.19.